The second kappa shape index (κ2) is 4.64. The minimum Gasteiger partial charge on any atom is -0.300 e. The highest BCUT2D eigenvalue weighted by Gasteiger charge is 2.17. The maximum atomic E-state index is 4.55. The Labute approximate surface area is 118 Å². The van der Waals surface area contributed by atoms with Crippen LogP contribution in [-0.4, -0.2) is 9.55 Å². The summed E-state index contributed by atoms with van der Waals surface area (Å²) in [5.74, 6) is 1.02. The molecule has 1 aliphatic carbocycles. The largest absolute Gasteiger partial charge is 0.300 e. The Morgan fingerprint density at radius 3 is 2.70 bits per heavy atom. The van der Waals surface area contributed by atoms with Gasteiger partial charge in [-0.15, -0.1) is 0 Å². The molecule has 0 saturated heterocycles. The zero-order valence-corrected chi connectivity index (χ0v) is 11.3. The van der Waals surface area contributed by atoms with Gasteiger partial charge in [0.15, 0.2) is 0 Å². The number of benzene rings is 2. The van der Waals surface area contributed by atoms with E-state index >= 15 is 0 Å². The third-order valence-corrected chi connectivity index (χ3v) is 4.05. The van der Waals surface area contributed by atoms with Gasteiger partial charge in [-0.3, -0.25) is 4.57 Å². The molecule has 1 aromatic heterocycles. The fourth-order valence-electron chi connectivity index (χ4n) is 3.12. The SMILES string of the molecule is c1ccc(-c2nccn2-c2cccc3c2CCC3)cc1. The van der Waals surface area contributed by atoms with E-state index in [4.69, 9.17) is 0 Å². The van der Waals surface area contributed by atoms with Crippen LogP contribution in [0, 0.1) is 0 Å². The monoisotopic (exact) mass is 260 g/mol. The van der Waals surface area contributed by atoms with Crippen LogP contribution in [0.1, 0.15) is 17.5 Å². The van der Waals surface area contributed by atoms with E-state index < -0.39 is 0 Å². The molecule has 2 heteroatoms. The van der Waals surface area contributed by atoms with Gasteiger partial charge in [-0.1, -0.05) is 42.5 Å². The van der Waals surface area contributed by atoms with Crippen molar-refractivity contribution in [3.63, 3.8) is 0 Å². The van der Waals surface area contributed by atoms with Crippen LogP contribution in [0.15, 0.2) is 60.9 Å². The summed E-state index contributed by atoms with van der Waals surface area (Å²) in [6.07, 6.45) is 7.60. The zero-order chi connectivity index (χ0) is 13.4. The van der Waals surface area contributed by atoms with Crippen molar-refractivity contribution in [3.8, 4) is 17.1 Å². The number of fused-ring (bicyclic) bond motifs is 1. The van der Waals surface area contributed by atoms with Gasteiger partial charge in [-0.25, -0.2) is 4.98 Å². The van der Waals surface area contributed by atoms with Crippen LogP contribution < -0.4 is 0 Å². The first-order chi connectivity index (χ1) is 9.93. The topological polar surface area (TPSA) is 17.8 Å². The lowest BCUT2D eigenvalue weighted by molar-refractivity contribution is 0.905. The van der Waals surface area contributed by atoms with Crippen molar-refractivity contribution in [1.82, 2.24) is 9.55 Å². The van der Waals surface area contributed by atoms with Gasteiger partial charge in [0.05, 0.1) is 5.69 Å². The summed E-state index contributed by atoms with van der Waals surface area (Å²) in [4.78, 5) is 4.55. The Balaban J connectivity index is 1.89. The maximum absolute atomic E-state index is 4.55. The molecule has 2 nitrogen and oxygen atoms in total. The second-order valence-electron chi connectivity index (χ2n) is 5.26. The molecule has 20 heavy (non-hydrogen) atoms. The van der Waals surface area contributed by atoms with Crippen LogP contribution in [0.25, 0.3) is 17.1 Å². The molecule has 0 aliphatic heterocycles. The van der Waals surface area contributed by atoms with Gasteiger partial charge < -0.3 is 0 Å². The van der Waals surface area contributed by atoms with Gasteiger partial charge >= 0.3 is 0 Å². The Morgan fingerprint density at radius 1 is 0.900 bits per heavy atom. The molecular weight excluding hydrogens is 244 g/mol. The summed E-state index contributed by atoms with van der Waals surface area (Å²) >= 11 is 0. The minimum atomic E-state index is 1.02. The van der Waals surface area contributed by atoms with Crippen molar-refractivity contribution in [2.24, 2.45) is 0 Å². The standard InChI is InChI=1S/C18H16N2/c1-2-6-15(7-3-1)18-19-12-13-20(18)17-11-5-9-14-8-4-10-16(14)17/h1-3,5-7,9,11-13H,4,8,10H2. The average molecular weight is 260 g/mol. The highest BCUT2D eigenvalue weighted by Crippen LogP contribution is 2.30. The lowest BCUT2D eigenvalue weighted by atomic mass is 10.1. The molecule has 0 saturated carbocycles. The molecule has 0 spiro atoms. The number of imidazole rings is 1. The van der Waals surface area contributed by atoms with E-state index in [0.717, 1.165) is 11.4 Å². The number of nitrogens with zero attached hydrogens (tertiary/aromatic N) is 2. The fourth-order valence-corrected chi connectivity index (χ4v) is 3.12. The summed E-state index contributed by atoms with van der Waals surface area (Å²) in [6, 6.07) is 17.0. The third-order valence-electron chi connectivity index (χ3n) is 4.05. The molecule has 1 aliphatic rings. The van der Waals surface area contributed by atoms with Crippen LogP contribution in [-0.2, 0) is 12.8 Å². The summed E-state index contributed by atoms with van der Waals surface area (Å²) in [5, 5.41) is 0. The van der Waals surface area contributed by atoms with Crippen LogP contribution in [0.3, 0.4) is 0 Å². The highest BCUT2D eigenvalue weighted by atomic mass is 15.1. The van der Waals surface area contributed by atoms with Crippen molar-refractivity contribution < 1.29 is 0 Å². The number of hydrogen-bond donors (Lipinski definition) is 0. The van der Waals surface area contributed by atoms with E-state index in [1.54, 1.807) is 0 Å². The highest BCUT2D eigenvalue weighted by molar-refractivity contribution is 5.60. The molecule has 0 radical (unpaired) electrons. The van der Waals surface area contributed by atoms with Crippen molar-refractivity contribution >= 4 is 0 Å². The van der Waals surface area contributed by atoms with E-state index in [-0.39, 0.29) is 0 Å². The molecule has 0 unspecified atom stereocenters. The van der Waals surface area contributed by atoms with Crippen LogP contribution in [0.4, 0.5) is 0 Å². The lowest BCUT2D eigenvalue weighted by Gasteiger charge is -2.12. The van der Waals surface area contributed by atoms with Crippen molar-refractivity contribution in [1.29, 1.82) is 0 Å². The maximum Gasteiger partial charge on any atom is 0.144 e. The molecular formula is C18H16N2. The fraction of sp³-hybridized carbons (Fsp3) is 0.167. The van der Waals surface area contributed by atoms with E-state index in [1.807, 2.05) is 12.3 Å². The van der Waals surface area contributed by atoms with Crippen LogP contribution in [0.2, 0.25) is 0 Å². The molecule has 0 bridgehead atoms. The molecule has 3 aromatic rings. The Morgan fingerprint density at radius 2 is 1.80 bits per heavy atom. The Bertz CT molecular complexity index is 741. The van der Waals surface area contributed by atoms with E-state index in [0.29, 0.717) is 0 Å². The number of aromatic nitrogens is 2. The molecule has 0 N–H and O–H groups in total. The molecule has 0 fully saturated rings. The van der Waals surface area contributed by atoms with Crippen molar-refractivity contribution in [2.75, 3.05) is 0 Å². The molecule has 0 atom stereocenters. The Hall–Kier alpha value is -2.35. The normalized spacial score (nSPS) is 13.4. The summed E-state index contributed by atoms with van der Waals surface area (Å²) in [5.41, 5.74) is 5.43. The van der Waals surface area contributed by atoms with Gasteiger partial charge in [0, 0.05) is 18.0 Å². The first kappa shape index (κ1) is 11.5. The quantitative estimate of drug-likeness (QED) is 0.680. The zero-order valence-electron chi connectivity index (χ0n) is 11.3. The predicted octanol–water partition coefficient (Wildman–Crippen LogP) is 4.03. The lowest BCUT2D eigenvalue weighted by Crippen LogP contribution is -2.00. The smallest absolute Gasteiger partial charge is 0.144 e. The van der Waals surface area contributed by atoms with E-state index in [2.05, 4.69) is 58.2 Å². The van der Waals surface area contributed by atoms with Gasteiger partial charge in [0.1, 0.15) is 5.82 Å². The Kier molecular flexibility index (Phi) is 2.66. The number of aryl methyl sites for hydroxylation is 1. The average Bonchev–Trinajstić information content (AvgIpc) is 3.16. The van der Waals surface area contributed by atoms with Gasteiger partial charge in [0.2, 0.25) is 0 Å². The first-order valence-electron chi connectivity index (χ1n) is 7.13. The van der Waals surface area contributed by atoms with E-state index in [9.17, 15) is 0 Å². The first-order valence-corrected chi connectivity index (χ1v) is 7.13. The van der Waals surface area contributed by atoms with Crippen molar-refractivity contribution in [2.45, 2.75) is 19.3 Å². The number of rotatable bonds is 2. The van der Waals surface area contributed by atoms with Gasteiger partial charge in [-0.2, -0.15) is 0 Å². The third kappa shape index (κ3) is 1.76. The summed E-state index contributed by atoms with van der Waals surface area (Å²) in [6.45, 7) is 0. The van der Waals surface area contributed by atoms with E-state index in [1.165, 1.54) is 36.1 Å². The molecule has 98 valence electrons. The molecule has 1 heterocycles. The summed E-state index contributed by atoms with van der Waals surface area (Å²) < 4.78 is 2.22. The minimum absolute atomic E-state index is 1.02. The van der Waals surface area contributed by atoms with Crippen molar-refractivity contribution in [3.05, 3.63) is 72.1 Å². The van der Waals surface area contributed by atoms with Crippen LogP contribution >= 0.6 is 0 Å². The molecule has 4 rings (SSSR count). The van der Waals surface area contributed by atoms with Crippen LogP contribution in [0.5, 0.6) is 0 Å². The summed E-state index contributed by atoms with van der Waals surface area (Å²) in [7, 11) is 0. The molecule has 0 amide bonds. The second-order valence-corrected chi connectivity index (χ2v) is 5.26. The molecule has 2 aromatic carbocycles. The predicted molar refractivity (Wildman–Crippen MR) is 81.0 cm³/mol. The van der Waals surface area contributed by atoms with Gasteiger partial charge in [-0.05, 0) is 36.5 Å². The van der Waals surface area contributed by atoms with Gasteiger partial charge in [0.25, 0.3) is 0 Å². The number of hydrogen-bond acceptors (Lipinski definition) is 1.